The smallest absolute Gasteiger partial charge is 0.244 e. The quantitative estimate of drug-likeness (QED) is 0.520. The van der Waals surface area contributed by atoms with Crippen molar-refractivity contribution in [2.24, 2.45) is 0 Å². The molecule has 4 aromatic rings. The molecule has 0 unspecified atom stereocenters. The standard InChI is InChI=1S/C24H22N4O/c1-16-7-9-20(10-8-16)21-12-11-19(18(3)15-21)13-14-22-17(2)5-4-6-23(22)28-24(29)25-26-27-28/h4-15H,1-3H3,(H,25,27,29)/b14-13+. The molecule has 1 heterocycles. The highest BCUT2D eigenvalue weighted by molar-refractivity contribution is 5.78. The van der Waals surface area contributed by atoms with Gasteiger partial charge in [-0.15, -0.1) is 0 Å². The van der Waals surface area contributed by atoms with Gasteiger partial charge < -0.3 is 0 Å². The summed E-state index contributed by atoms with van der Waals surface area (Å²) in [6.07, 6.45) is 4.10. The second kappa shape index (κ2) is 7.72. The summed E-state index contributed by atoms with van der Waals surface area (Å²) in [5.74, 6) is 0. The Morgan fingerprint density at radius 3 is 2.31 bits per heavy atom. The second-order valence-corrected chi connectivity index (χ2v) is 7.20. The zero-order chi connectivity index (χ0) is 20.4. The van der Waals surface area contributed by atoms with E-state index in [2.05, 4.69) is 77.9 Å². The van der Waals surface area contributed by atoms with Crippen LogP contribution < -0.4 is 5.69 Å². The Bertz CT molecular complexity index is 1250. The summed E-state index contributed by atoms with van der Waals surface area (Å²) in [5, 5.41) is 9.82. The average molecular weight is 382 g/mol. The van der Waals surface area contributed by atoms with Gasteiger partial charge in [0, 0.05) is 5.56 Å². The zero-order valence-electron chi connectivity index (χ0n) is 16.7. The first-order valence-electron chi connectivity index (χ1n) is 9.49. The third kappa shape index (κ3) is 3.80. The fraction of sp³-hybridized carbons (Fsp3) is 0.125. The van der Waals surface area contributed by atoms with Gasteiger partial charge in [-0.25, -0.2) is 9.89 Å². The lowest BCUT2D eigenvalue weighted by Crippen LogP contribution is -2.17. The SMILES string of the molecule is Cc1ccc(-c2ccc(/C=C/c3c(C)cccc3-n3nn[nH]c3=O)c(C)c2)cc1. The minimum absolute atomic E-state index is 0.358. The molecule has 0 saturated heterocycles. The molecule has 0 saturated carbocycles. The second-order valence-electron chi connectivity index (χ2n) is 7.20. The molecule has 0 amide bonds. The number of aromatic amines is 1. The molecule has 4 rings (SSSR count). The van der Waals surface area contributed by atoms with Gasteiger partial charge in [-0.05, 0) is 65.1 Å². The van der Waals surface area contributed by atoms with Crippen LogP contribution in [0.4, 0.5) is 0 Å². The molecule has 144 valence electrons. The molecule has 29 heavy (non-hydrogen) atoms. The van der Waals surface area contributed by atoms with Gasteiger partial charge in [0.1, 0.15) is 0 Å². The predicted octanol–water partition coefficient (Wildman–Crippen LogP) is 4.72. The van der Waals surface area contributed by atoms with Crippen LogP contribution >= 0.6 is 0 Å². The molecule has 0 atom stereocenters. The molecule has 0 aliphatic rings. The van der Waals surface area contributed by atoms with Crippen LogP contribution in [0.2, 0.25) is 0 Å². The van der Waals surface area contributed by atoms with Gasteiger partial charge in [0.25, 0.3) is 0 Å². The van der Waals surface area contributed by atoms with Crippen molar-refractivity contribution < 1.29 is 0 Å². The van der Waals surface area contributed by atoms with Crippen molar-refractivity contribution in [3.05, 3.63) is 99.0 Å². The summed E-state index contributed by atoms with van der Waals surface area (Å²) >= 11 is 0. The van der Waals surface area contributed by atoms with Crippen LogP contribution in [0.15, 0.2) is 65.5 Å². The van der Waals surface area contributed by atoms with Crippen LogP contribution in [0.25, 0.3) is 29.0 Å². The van der Waals surface area contributed by atoms with Gasteiger partial charge in [-0.1, -0.05) is 72.3 Å². The van der Waals surface area contributed by atoms with E-state index >= 15 is 0 Å². The first kappa shape index (κ1) is 18.6. The number of nitrogens with one attached hydrogen (secondary N) is 1. The fourth-order valence-corrected chi connectivity index (χ4v) is 3.38. The maximum atomic E-state index is 12.0. The highest BCUT2D eigenvalue weighted by Gasteiger charge is 2.09. The third-order valence-corrected chi connectivity index (χ3v) is 5.09. The van der Waals surface area contributed by atoms with Crippen LogP contribution in [0.5, 0.6) is 0 Å². The molecule has 0 aliphatic heterocycles. The number of aryl methyl sites for hydroxylation is 3. The minimum Gasteiger partial charge on any atom is -0.244 e. The van der Waals surface area contributed by atoms with Crippen molar-refractivity contribution in [2.45, 2.75) is 20.8 Å². The summed E-state index contributed by atoms with van der Waals surface area (Å²) in [4.78, 5) is 12.0. The molecule has 0 radical (unpaired) electrons. The molecule has 1 N–H and O–H groups in total. The van der Waals surface area contributed by atoms with Crippen molar-refractivity contribution >= 4 is 12.2 Å². The van der Waals surface area contributed by atoms with E-state index in [1.165, 1.54) is 26.9 Å². The Morgan fingerprint density at radius 2 is 1.62 bits per heavy atom. The number of H-pyrrole nitrogens is 1. The van der Waals surface area contributed by atoms with Gasteiger partial charge in [0.05, 0.1) is 5.69 Å². The Hall–Kier alpha value is -3.73. The molecule has 0 spiro atoms. The molecule has 3 aromatic carbocycles. The summed E-state index contributed by atoms with van der Waals surface area (Å²) in [6.45, 7) is 6.22. The lowest BCUT2D eigenvalue weighted by atomic mass is 9.98. The van der Waals surface area contributed by atoms with E-state index in [9.17, 15) is 4.79 Å². The Balaban J connectivity index is 1.69. The Kier molecular flexibility index (Phi) is 4.96. The summed E-state index contributed by atoms with van der Waals surface area (Å²) in [6, 6.07) is 20.8. The van der Waals surface area contributed by atoms with Gasteiger partial charge in [-0.3, -0.25) is 0 Å². The summed E-state index contributed by atoms with van der Waals surface area (Å²) in [7, 11) is 0. The van der Waals surface area contributed by atoms with E-state index in [0.29, 0.717) is 5.69 Å². The Labute approximate surface area is 169 Å². The van der Waals surface area contributed by atoms with E-state index in [-0.39, 0.29) is 5.69 Å². The monoisotopic (exact) mass is 382 g/mol. The first-order chi connectivity index (χ1) is 14.0. The summed E-state index contributed by atoms with van der Waals surface area (Å²) in [5.41, 5.74) is 8.32. The number of tetrazole rings is 1. The van der Waals surface area contributed by atoms with Crippen LogP contribution in [-0.2, 0) is 0 Å². The largest absolute Gasteiger partial charge is 0.365 e. The molecule has 5 heteroatoms. The van der Waals surface area contributed by atoms with E-state index < -0.39 is 0 Å². The van der Waals surface area contributed by atoms with Crippen molar-refractivity contribution in [2.75, 3.05) is 0 Å². The van der Waals surface area contributed by atoms with Crippen molar-refractivity contribution in [3.63, 3.8) is 0 Å². The normalized spacial score (nSPS) is 11.3. The minimum atomic E-state index is -0.358. The first-order valence-corrected chi connectivity index (χ1v) is 9.49. The highest BCUT2D eigenvalue weighted by atomic mass is 16.2. The number of hydrogen-bond acceptors (Lipinski definition) is 3. The van der Waals surface area contributed by atoms with Crippen LogP contribution in [0, 0.1) is 20.8 Å². The van der Waals surface area contributed by atoms with Crippen molar-refractivity contribution in [1.29, 1.82) is 0 Å². The van der Waals surface area contributed by atoms with Crippen LogP contribution in [0.1, 0.15) is 27.8 Å². The lowest BCUT2D eigenvalue weighted by Gasteiger charge is -2.09. The molecular weight excluding hydrogens is 360 g/mol. The number of nitrogens with zero attached hydrogens (tertiary/aromatic N) is 3. The van der Waals surface area contributed by atoms with Crippen LogP contribution in [0.3, 0.4) is 0 Å². The lowest BCUT2D eigenvalue weighted by molar-refractivity contribution is 0.778. The summed E-state index contributed by atoms with van der Waals surface area (Å²) < 4.78 is 1.28. The maximum absolute atomic E-state index is 12.0. The topological polar surface area (TPSA) is 63.6 Å². The number of hydrogen-bond donors (Lipinski definition) is 1. The molecule has 0 bridgehead atoms. The molecule has 0 aliphatic carbocycles. The van der Waals surface area contributed by atoms with Crippen molar-refractivity contribution in [3.8, 4) is 16.8 Å². The van der Waals surface area contributed by atoms with E-state index in [4.69, 9.17) is 0 Å². The van der Waals surface area contributed by atoms with Crippen molar-refractivity contribution in [1.82, 2.24) is 20.2 Å². The van der Waals surface area contributed by atoms with E-state index in [1.54, 1.807) is 0 Å². The van der Waals surface area contributed by atoms with Gasteiger partial charge in [0.2, 0.25) is 0 Å². The number of benzene rings is 3. The van der Waals surface area contributed by atoms with Gasteiger partial charge in [-0.2, -0.15) is 4.68 Å². The van der Waals surface area contributed by atoms with E-state index in [1.807, 2.05) is 31.2 Å². The Morgan fingerprint density at radius 1 is 0.862 bits per heavy atom. The third-order valence-electron chi connectivity index (χ3n) is 5.09. The number of rotatable bonds is 4. The zero-order valence-corrected chi connectivity index (χ0v) is 16.7. The fourth-order valence-electron chi connectivity index (χ4n) is 3.38. The molecule has 5 nitrogen and oxygen atoms in total. The maximum Gasteiger partial charge on any atom is 0.365 e. The molecule has 1 aromatic heterocycles. The highest BCUT2D eigenvalue weighted by Crippen LogP contribution is 2.25. The van der Waals surface area contributed by atoms with Gasteiger partial charge >= 0.3 is 5.69 Å². The predicted molar refractivity (Wildman–Crippen MR) is 117 cm³/mol. The average Bonchev–Trinajstić information content (AvgIpc) is 3.14. The molecule has 0 fully saturated rings. The van der Waals surface area contributed by atoms with E-state index in [0.717, 1.165) is 16.7 Å². The number of aromatic nitrogens is 4. The van der Waals surface area contributed by atoms with Gasteiger partial charge in [0.15, 0.2) is 0 Å². The molecular formula is C24H22N4O. The van der Waals surface area contributed by atoms with Crippen LogP contribution in [-0.4, -0.2) is 20.2 Å².